The van der Waals surface area contributed by atoms with E-state index in [1.54, 1.807) is 48.5 Å². The predicted octanol–water partition coefficient (Wildman–Crippen LogP) is 7.33. The summed E-state index contributed by atoms with van der Waals surface area (Å²) >= 11 is 21.5. The quantitative estimate of drug-likeness (QED) is 0.0450. The van der Waals surface area contributed by atoms with Crippen LogP contribution in [0, 0.1) is 0 Å². The van der Waals surface area contributed by atoms with Gasteiger partial charge in [0.15, 0.2) is 10.1 Å². The van der Waals surface area contributed by atoms with Crippen molar-refractivity contribution in [1.82, 2.24) is 19.9 Å². The van der Waals surface area contributed by atoms with Crippen LogP contribution in [0.1, 0.15) is 0 Å². The molecule has 1 radical (unpaired) electrons. The number of alkyl halides is 3. The Morgan fingerprint density at radius 1 is 0.600 bits per heavy atom. The van der Waals surface area contributed by atoms with E-state index in [0.29, 0.717) is 20.6 Å². The first-order valence-corrected chi connectivity index (χ1v) is 13.1. The molecule has 253 valence electrons. The van der Waals surface area contributed by atoms with Crippen molar-refractivity contribution in [3.05, 3.63) is 113 Å². The standard InChI is InChI=1S/4C5H4ClNO.C2H4.CHF3O3S.H2N.2Ru/c4*6-4-2-1-3-5(8)7-4;1-2;2-1(3,4)8(5,6)7;;;/h4*1-3H,(H,7,8);1-2H2;(H,5,6,7);1H2;;/q;;;;;;-1;;+1/p-1. The molecule has 22 heteroatoms. The van der Waals surface area contributed by atoms with Gasteiger partial charge >= 0.3 is 25.0 Å². The number of aromatic hydroxyl groups is 4. The molecule has 4 heterocycles. The summed E-state index contributed by atoms with van der Waals surface area (Å²) in [6.07, 6.45) is 0. The topological polar surface area (TPSA) is 223 Å². The number of hydrogen-bond acceptors (Lipinski definition) is 11. The van der Waals surface area contributed by atoms with Gasteiger partial charge in [0, 0.05) is 43.7 Å². The van der Waals surface area contributed by atoms with Crippen LogP contribution in [0.2, 0.25) is 20.6 Å². The SMILES string of the molecule is C=C.O=S(=O)([O-])C(F)(F)F.Oc1cccc(Cl)n1.Oc1cccc(Cl)n1.Oc1cccc(Cl)n1.Oc1cccc(Cl)n1.[NH2-].[Ru+].[Ru]. The first-order valence-electron chi connectivity index (χ1n) is 10.2. The van der Waals surface area contributed by atoms with Crippen molar-refractivity contribution in [3.8, 4) is 23.5 Å². The predicted molar refractivity (Wildman–Crippen MR) is 156 cm³/mol. The summed E-state index contributed by atoms with van der Waals surface area (Å²) in [6.45, 7) is 6.00. The van der Waals surface area contributed by atoms with Crippen LogP contribution < -0.4 is 0 Å². The fraction of sp³-hybridized carbons (Fsp3) is 0.0435. The van der Waals surface area contributed by atoms with Crippen molar-refractivity contribution in [2.45, 2.75) is 5.51 Å². The molecule has 0 aliphatic heterocycles. The number of rotatable bonds is 0. The first kappa shape index (κ1) is 52.2. The average molecular weight is 913 g/mol. The molecule has 0 aliphatic carbocycles. The van der Waals surface area contributed by atoms with E-state index in [9.17, 15) is 13.2 Å². The Morgan fingerprint density at radius 2 is 0.756 bits per heavy atom. The Labute approximate surface area is 301 Å². The molecule has 0 aromatic carbocycles. The molecular formula is C23H22Cl4F3N5O7Ru2S-. The molecule has 45 heavy (non-hydrogen) atoms. The number of nitrogens with two attached hydrogens (primary N) is 1. The van der Waals surface area contributed by atoms with Crippen molar-refractivity contribution in [1.29, 1.82) is 0 Å². The monoisotopic (exact) mass is 913 g/mol. The van der Waals surface area contributed by atoms with E-state index in [0.717, 1.165) is 0 Å². The summed E-state index contributed by atoms with van der Waals surface area (Å²) in [7, 11) is -6.09. The second-order valence-electron chi connectivity index (χ2n) is 6.17. The van der Waals surface area contributed by atoms with E-state index in [-0.39, 0.29) is 68.6 Å². The van der Waals surface area contributed by atoms with Gasteiger partial charge in [0.25, 0.3) is 0 Å². The molecule has 4 rings (SSSR count). The molecule has 0 saturated carbocycles. The Balaban J connectivity index is -0.000000144. The third-order valence-corrected chi connectivity index (χ3v) is 4.49. The van der Waals surface area contributed by atoms with Gasteiger partial charge in [0.05, 0.1) is 0 Å². The second kappa shape index (κ2) is 27.9. The van der Waals surface area contributed by atoms with E-state index in [4.69, 9.17) is 79.8 Å². The molecule has 0 unspecified atom stereocenters. The van der Waals surface area contributed by atoms with E-state index in [1.807, 2.05) is 0 Å². The number of pyridine rings is 4. The van der Waals surface area contributed by atoms with Crippen molar-refractivity contribution in [2.24, 2.45) is 0 Å². The van der Waals surface area contributed by atoms with E-state index in [2.05, 4.69) is 33.1 Å². The Morgan fingerprint density at radius 3 is 0.822 bits per heavy atom. The van der Waals surface area contributed by atoms with Crippen LogP contribution >= 0.6 is 46.4 Å². The zero-order valence-electron chi connectivity index (χ0n) is 22.0. The van der Waals surface area contributed by atoms with Crippen molar-refractivity contribution in [3.63, 3.8) is 0 Å². The smallest absolute Gasteiger partial charge is 0.741 e. The molecule has 12 nitrogen and oxygen atoms in total. The van der Waals surface area contributed by atoms with Gasteiger partial charge in [-0.15, -0.1) is 13.2 Å². The number of nitrogens with zero attached hydrogens (tertiary/aromatic N) is 4. The maximum atomic E-state index is 10.7. The Kier molecular flexibility index (Phi) is 32.3. The van der Waals surface area contributed by atoms with Gasteiger partial charge in [-0.05, 0) is 24.3 Å². The van der Waals surface area contributed by atoms with Crippen LogP contribution in [0.3, 0.4) is 0 Å². The van der Waals surface area contributed by atoms with Crippen LogP contribution in [-0.2, 0) is 49.1 Å². The van der Waals surface area contributed by atoms with Gasteiger partial charge < -0.3 is 31.1 Å². The molecule has 4 aromatic rings. The molecule has 0 spiro atoms. The van der Waals surface area contributed by atoms with E-state index < -0.39 is 15.6 Å². The third-order valence-electron chi connectivity index (χ3n) is 3.09. The van der Waals surface area contributed by atoms with Gasteiger partial charge in [-0.2, -0.15) is 13.2 Å². The largest absolute Gasteiger partial charge is 1.00 e. The van der Waals surface area contributed by atoms with E-state index in [1.165, 1.54) is 24.3 Å². The van der Waals surface area contributed by atoms with Crippen LogP contribution in [0.5, 0.6) is 23.5 Å². The normalized spacial score (nSPS) is 9.07. The van der Waals surface area contributed by atoms with Crippen LogP contribution in [0.15, 0.2) is 86.0 Å². The summed E-state index contributed by atoms with van der Waals surface area (Å²) < 4.78 is 58.9. The average Bonchev–Trinajstić information content (AvgIpc) is 2.85. The molecule has 0 amide bonds. The summed E-state index contributed by atoms with van der Waals surface area (Å²) in [5.74, 6) is -0.176. The minimum Gasteiger partial charge on any atom is -0.741 e. The van der Waals surface area contributed by atoms with Gasteiger partial charge in [-0.3, -0.25) is 0 Å². The zero-order chi connectivity index (χ0) is 32.9. The van der Waals surface area contributed by atoms with Crippen molar-refractivity contribution < 1.29 is 85.5 Å². The van der Waals surface area contributed by atoms with Gasteiger partial charge in [-0.1, -0.05) is 70.7 Å². The van der Waals surface area contributed by atoms with Gasteiger partial charge in [0.2, 0.25) is 23.5 Å². The molecule has 0 atom stereocenters. The van der Waals surface area contributed by atoms with Gasteiger partial charge in [0.1, 0.15) is 20.6 Å². The third kappa shape index (κ3) is 30.0. The maximum absolute atomic E-state index is 10.7. The second-order valence-corrected chi connectivity index (χ2v) is 9.09. The minimum atomic E-state index is -6.09. The summed E-state index contributed by atoms with van der Waals surface area (Å²) in [5.41, 5.74) is -5.65. The Hall–Kier alpha value is -2.39. The molecule has 0 aliphatic rings. The number of hydrogen-bond donors (Lipinski definition) is 4. The summed E-state index contributed by atoms with van der Waals surface area (Å²) in [6, 6.07) is 18.8. The first-order chi connectivity index (χ1) is 19.4. The maximum Gasteiger partial charge on any atom is 1.00 e. The molecule has 4 aromatic heterocycles. The summed E-state index contributed by atoms with van der Waals surface area (Å²) in [4.78, 5) is 14.0. The van der Waals surface area contributed by atoms with Crippen molar-refractivity contribution >= 4 is 56.5 Å². The van der Waals surface area contributed by atoms with Crippen LogP contribution in [-0.4, -0.2) is 58.8 Å². The zero-order valence-corrected chi connectivity index (χ0v) is 29.3. The fourth-order valence-corrected chi connectivity index (χ4v) is 2.23. The van der Waals surface area contributed by atoms with Crippen LogP contribution in [0.25, 0.3) is 6.15 Å². The molecule has 0 saturated heterocycles. The summed E-state index contributed by atoms with van der Waals surface area (Å²) in [5, 5.41) is 35.7. The van der Waals surface area contributed by atoms with Crippen LogP contribution in [0.4, 0.5) is 13.2 Å². The van der Waals surface area contributed by atoms with Gasteiger partial charge in [-0.25, -0.2) is 28.4 Å². The van der Waals surface area contributed by atoms with Crippen molar-refractivity contribution in [2.75, 3.05) is 0 Å². The number of aromatic nitrogens is 4. The molecule has 0 fully saturated rings. The Bertz CT molecular complexity index is 1230. The fourth-order valence-electron chi connectivity index (χ4n) is 1.59. The molecule has 0 bridgehead atoms. The van der Waals surface area contributed by atoms with E-state index >= 15 is 0 Å². The number of halogens is 7. The molecule has 6 N–H and O–H groups in total. The minimum absolute atomic E-state index is 0. The molecular weight excluding hydrogens is 891 g/mol.